The van der Waals surface area contributed by atoms with Crippen LogP contribution in [0.2, 0.25) is 0 Å². The predicted octanol–water partition coefficient (Wildman–Crippen LogP) is -0.293. The number of carbonyl (C=O) groups is 1. The highest BCUT2D eigenvalue weighted by Gasteiger charge is 2.13. The molecule has 0 aliphatic carbocycles. The minimum Gasteiger partial charge on any atom is -0.336 e. The molecule has 2 aromatic rings. The average molecular weight is 236 g/mol. The standard InChI is InChI=1S/C10H12N4O3/c1-4(2)5(15)3-6-11-7-8(12-6)13-10(17)14-9(7)16/h4H,3H2,1-2H3,(H3,11,12,13,14,16,17). The van der Waals surface area contributed by atoms with Crippen LogP contribution in [-0.4, -0.2) is 25.7 Å². The first-order chi connectivity index (χ1) is 7.97. The number of aromatic amines is 3. The lowest BCUT2D eigenvalue weighted by atomic mass is 10.1. The molecule has 2 rings (SSSR count). The first-order valence-corrected chi connectivity index (χ1v) is 5.21. The number of hydrogen-bond donors (Lipinski definition) is 3. The summed E-state index contributed by atoms with van der Waals surface area (Å²) in [4.78, 5) is 45.1. The fourth-order valence-corrected chi connectivity index (χ4v) is 1.43. The van der Waals surface area contributed by atoms with Crippen molar-refractivity contribution in [2.24, 2.45) is 5.92 Å². The zero-order valence-electron chi connectivity index (χ0n) is 9.46. The Labute approximate surface area is 95.3 Å². The van der Waals surface area contributed by atoms with Gasteiger partial charge in [0.25, 0.3) is 5.56 Å². The Kier molecular flexibility index (Phi) is 2.66. The van der Waals surface area contributed by atoms with Crippen molar-refractivity contribution in [2.75, 3.05) is 0 Å². The van der Waals surface area contributed by atoms with Gasteiger partial charge in [0.05, 0.1) is 6.42 Å². The molecular formula is C10H12N4O3. The second-order valence-electron chi connectivity index (χ2n) is 4.11. The molecule has 2 heterocycles. The molecule has 0 saturated heterocycles. The van der Waals surface area contributed by atoms with Crippen LogP contribution in [-0.2, 0) is 11.2 Å². The van der Waals surface area contributed by atoms with Gasteiger partial charge in [-0.2, -0.15) is 0 Å². The minimum atomic E-state index is -0.615. The molecule has 17 heavy (non-hydrogen) atoms. The number of Topliss-reactive ketones (excluding diaryl/α,β-unsaturated/α-hetero) is 1. The Hall–Kier alpha value is -2.18. The van der Waals surface area contributed by atoms with Gasteiger partial charge in [0.2, 0.25) is 0 Å². The number of rotatable bonds is 3. The number of ketones is 1. The zero-order valence-corrected chi connectivity index (χ0v) is 9.46. The number of nitrogens with one attached hydrogen (secondary N) is 3. The van der Waals surface area contributed by atoms with Crippen molar-refractivity contribution < 1.29 is 4.79 Å². The lowest BCUT2D eigenvalue weighted by molar-refractivity contribution is -0.121. The summed E-state index contributed by atoms with van der Waals surface area (Å²) < 4.78 is 0. The van der Waals surface area contributed by atoms with Gasteiger partial charge in [-0.25, -0.2) is 9.78 Å². The highest BCUT2D eigenvalue weighted by molar-refractivity contribution is 5.82. The van der Waals surface area contributed by atoms with E-state index < -0.39 is 11.2 Å². The van der Waals surface area contributed by atoms with Crippen molar-refractivity contribution >= 4 is 16.9 Å². The molecule has 0 saturated carbocycles. The summed E-state index contributed by atoms with van der Waals surface area (Å²) >= 11 is 0. The highest BCUT2D eigenvalue weighted by atomic mass is 16.2. The van der Waals surface area contributed by atoms with Crippen molar-refractivity contribution in [1.82, 2.24) is 19.9 Å². The van der Waals surface area contributed by atoms with Crippen molar-refractivity contribution in [1.29, 1.82) is 0 Å². The van der Waals surface area contributed by atoms with E-state index >= 15 is 0 Å². The summed E-state index contributed by atoms with van der Waals surface area (Å²) in [6.07, 6.45) is 0.119. The fourth-order valence-electron chi connectivity index (χ4n) is 1.43. The molecule has 7 nitrogen and oxygen atoms in total. The number of H-pyrrole nitrogens is 3. The quantitative estimate of drug-likeness (QED) is 0.679. The van der Waals surface area contributed by atoms with Crippen LogP contribution >= 0.6 is 0 Å². The van der Waals surface area contributed by atoms with Gasteiger partial charge in [-0.05, 0) is 0 Å². The lowest BCUT2D eigenvalue weighted by Gasteiger charge is -1.99. The van der Waals surface area contributed by atoms with Gasteiger partial charge in [0.15, 0.2) is 5.65 Å². The number of aromatic nitrogens is 4. The SMILES string of the molecule is CC(C)C(=O)Cc1nc2[nH]c(=O)[nH]c(=O)c2[nH]1. The van der Waals surface area contributed by atoms with E-state index in [4.69, 9.17) is 0 Å². The van der Waals surface area contributed by atoms with E-state index in [0.29, 0.717) is 5.82 Å². The summed E-state index contributed by atoms with van der Waals surface area (Å²) in [5.74, 6) is 0.300. The van der Waals surface area contributed by atoms with E-state index in [9.17, 15) is 14.4 Å². The van der Waals surface area contributed by atoms with Gasteiger partial charge in [-0.15, -0.1) is 0 Å². The third kappa shape index (κ3) is 2.17. The van der Waals surface area contributed by atoms with Gasteiger partial charge < -0.3 is 4.98 Å². The number of hydrogen-bond acceptors (Lipinski definition) is 4. The van der Waals surface area contributed by atoms with Crippen LogP contribution in [0.1, 0.15) is 19.7 Å². The average Bonchev–Trinajstić information content (AvgIpc) is 2.60. The molecule has 0 aromatic carbocycles. The summed E-state index contributed by atoms with van der Waals surface area (Å²) in [6, 6.07) is 0. The number of imidazole rings is 1. The van der Waals surface area contributed by atoms with E-state index in [1.807, 2.05) is 0 Å². The molecule has 0 fully saturated rings. The second-order valence-corrected chi connectivity index (χ2v) is 4.11. The van der Waals surface area contributed by atoms with Crippen molar-refractivity contribution in [2.45, 2.75) is 20.3 Å². The Morgan fingerprint density at radius 1 is 1.24 bits per heavy atom. The summed E-state index contributed by atoms with van der Waals surface area (Å²) in [5, 5.41) is 0. The summed E-state index contributed by atoms with van der Waals surface area (Å²) in [7, 11) is 0. The van der Waals surface area contributed by atoms with Crippen LogP contribution in [0.3, 0.4) is 0 Å². The molecule has 0 radical (unpaired) electrons. The molecule has 0 aliphatic rings. The van der Waals surface area contributed by atoms with E-state index in [0.717, 1.165) is 0 Å². The van der Waals surface area contributed by atoms with Gasteiger partial charge in [0, 0.05) is 5.92 Å². The Morgan fingerprint density at radius 3 is 2.59 bits per heavy atom. The Balaban J connectivity index is 2.45. The molecule has 0 spiro atoms. The van der Waals surface area contributed by atoms with Crippen LogP contribution in [0.4, 0.5) is 0 Å². The molecule has 3 N–H and O–H groups in total. The third-order valence-corrected chi connectivity index (χ3v) is 2.42. The highest BCUT2D eigenvalue weighted by Crippen LogP contribution is 2.05. The molecule has 0 bridgehead atoms. The lowest BCUT2D eigenvalue weighted by Crippen LogP contribution is -2.21. The maximum atomic E-state index is 11.5. The van der Waals surface area contributed by atoms with Gasteiger partial charge in [-0.1, -0.05) is 13.8 Å². The molecule has 7 heteroatoms. The third-order valence-electron chi connectivity index (χ3n) is 2.42. The van der Waals surface area contributed by atoms with Crippen molar-refractivity contribution in [3.05, 3.63) is 26.7 Å². The van der Waals surface area contributed by atoms with E-state index in [-0.39, 0.29) is 29.3 Å². The normalized spacial score (nSPS) is 11.2. The molecular weight excluding hydrogens is 224 g/mol. The number of fused-ring (bicyclic) bond motifs is 1. The topological polar surface area (TPSA) is 111 Å². The molecule has 0 amide bonds. The number of carbonyl (C=O) groups excluding carboxylic acids is 1. The summed E-state index contributed by atoms with van der Waals surface area (Å²) in [5.41, 5.74) is -0.809. The first-order valence-electron chi connectivity index (χ1n) is 5.21. The first kappa shape index (κ1) is 11.3. The Bertz CT molecular complexity index is 677. The van der Waals surface area contributed by atoms with E-state index in [2.05, 4.69) is 19.9 Å². The zero-order chi connectivity index (χ0) is 12.6. The number of nitrogens with zero attached hydrogens (tertiary/aromatic N) is 1. The van der Waals surface area contributed by atoms with Crippen molar-refractivity contribution in [3.8, 4) is 0 Å². The van der Waals surface area contributed by atoms with Crippen LogP contribution in [0, 0.1) is 5.92 Å². The predicted molar refractivity (Wildman–Crippen MR) is 60.9 cm³/mol. The monoisotopic (exact) mass is 236 g/mol. The molecule has 0 atom stereocenters. The molecule has 0 aliphatic heterocycles. The van der Waals surface area contributed by atoms with E-state index in [1.165, 1.54) is 0 Å². The second kappa shape index (κ2) is 4.00. The molecule has 90 valence electrons. The molecule has 0 unspecified atom stereocenters. The van der Waals surface area contributed by atoms with Crippen LogP contribution in [0.5, 0.6) is 0 Å². The van der Waals surface area contributed by atoms with E-state index in [1.54, 1.807) is 13.8 Å². The summed E-state index contributed by atoms with van der Waals surface area (Å²) in [6.45, 7) is 3.58. The fraction of sp³-hybridized carbons (Fsp3) is 0.400. The van der Waals surface area contributed by atoms with Gasteiger partial charge >= 0.3 is 5.69 Å². The van der Waals surface area contributed by atoms with Crippen molar-refractivity contribution in [3.63, 3.8) is 0 Å². The van der Waals surface area contributed by atoms with Gasteiger partial charge in [0.1, 0.15) is 17.1 Å². The maximum absolute atomic E-state index is 11.5. The smallest absolute Gasteiger partial charge is 0.327 e. The van der Waals surface area contributed by atoms with Crippen LogP contribution < -0.4 is 11.2 Å². The van der Waals surface area contributed by atoms with Crippen LogP contribution in [0.25, 0.3) is 11.2 Å². The Morgan fingerprint density at radius 2 is 1.94 bits per heavy atom. The van der Waals surface area contributed by atoms with Gasteiger partial charge in [-0.3, -0.25) is 19.6 Å². The largest absolute Gasteiger partial charge is 0.336 e. The van der Waals surface area contributed by atoms with Crippen LogP contribution in [0.15, 0.2) is 9.59 Å². The maximum Gasteiger partial charge on any atom is 0.327 e. The minimum absolute atomic E-state index is 0.0165. The molecule has 2 aromatic heterocycles.